The molecule has 0 saturated heterocycles. The number of quaternary nitrogens is 1. The molecule has 3 rings (SSSR count). The number of carbonyl (C=O) groups excluding carboxylic acids is 2. The molecule has 0 fully saturated rings. The maximum absolute atomic E-state index is 13.0. The number of benzene rings is 1. The smallest absolute Gasteiger partial charge is 0.414 e. The van der Waals surface area contributed by atoms with Crippen molar-refractivity contribution in [1.29, 1.82) is 0 Å². The zero-order valence-electron chi connectivity index (χ0n) is 18.5. The van der Waals surface area contributed by atoms with Gasteiger partial charge in [0.15, 0.2) is 0 Å². The highest BCUT2D eigenvalue weighted by Crippen LogP contribution is 2.26. The number of nitrogens with zero attached hydrogens (tertiary/aromatic N) is 2. The Balaban J connectivity index is 1.69. The highest BCUT2D eigenvalue weighted by atomic mass is 19.4. The number of aromatic nitrogens is 1. The van der Waals surface area contributed by atoms with Crippen molar-refractivity contribution in [2.24, 2.45) is 0 Å². The molecule has 33 heavy (non-hydrogen) atoms. The highest BCUT2D eigenvalue weighted by Gasteiger charge is 2.48. The van der Waals surface area contributed by atoms with Crippen molar-refractivity contribution < 1.29 is 36.7 Å². The maximum atomic E-state index is 13.0. The lowest BCUT2D eigenvalue weighted by atomic mass is 10.1. The van der Waals surface area contributed by atoms with Crippen LogP contribution >= 0.6 is 0 Å². The van der Waals surface area contributed by atoms with Gasteiger partial charge in [0, 0.05) is 18.3 Å². The highest BCUT2D eigenvalue weighted by molar-refractivity contribution is 5.80. The number of urea groups is 1. The van der Waals surface area contributed by atoms with E-state index in [1.54, 1.807) is 45.1 Å². The molecule has 1 aromatic heterocycles. The van der Waals surface area contributed by atoms with Crippen LogP contribution in [0.1, 0.15) is 26.3 Å². The third-order valence-corrected chi connectivity index (χ3v) is 4.78. The van der Waals surface area contributed by atoms with E-state index in [2.05, 4.69) is 15.0 Å². The molecule has 0 atom stereocenters. The summed E-state index contributed by atoms with van der Waals surface area (Å²) in [5.74, 6) is -0.329. The van der Waals surface area contributed by atoms with Crippen LogP contribution in [0.4, 0.5) is 22.8 Å². The standard InChI is InChI=1S/C23H24F3N3O4/c1-22(2,3)33-21(31)29(12-4-5-13-29)20(30)28-15-16-10-11-27-19(14-16)17-6-8-18(9-7-17)32-23(24,25)26/h4-11,14H,12-13,15H2,1-3H3/p+1. The average molecular weight is 464 g/mol. The van der Waals surface area contributed by atoms with Crippen molar-refractivity contribution in [2.75, 3.05) is 13.1 Å². The normalized spacial score (nSPS) is 15.2. The summed E-state index contributed by atoms with van der Waals surface area (Å²) in [7, 11) is 0. The van der Waals surface area contributed by atoms with Gasteiger partial charge in [-0.1, -0.05) is 0 Å². The number of amides is 3. The van der Waals surface area contributed by atoms with Gasteiger partial charge in [-0.2, -0.15) is 4.79 Å². The molecule has 3 amide bonds. The number of rotatable bonds is 4. The van der Waals surface area contributed by atoms with Gasteiger partial charge in [0.05, 0.1) is 5.69 Å². The number of imide groups is 1. The van der Waals surface area contributed by atoms with E-state index in [1.165, 1.54) is 30.5 Å². The first-order valence-corrected chi connectivity index (χ1v) is 10.2. The van der Waals surface area contributed by atoms with Crippen LogP contribution in [-0.4, -0.2) is 46.6 Å². The average Bonchev–Trinajstić information content (AvgIpc) is 3.22. The molecule has 0 spiro atoms. The van der Waals surface area contributed by atoms with Crippen LogP contribution in [0.3, 0.4) is 0 Å². The first kappa shape index (κ1) is 24.2. The van der Waals surface area contributed by atoms with Crippen LogP contribution in [0, 0.1) is 0 Å². The summed E-state index contributed by atoms with van der Waals surface area (Å²) in [6, 6.07) is 8.25. The summed E-state index contributed by atoms with van der Waals surface area (Å²) in [5.41, 5.74) is 1.07. The van der Waals surface area contributed by atoms with Gasteiger partial charge in [-0.3, -0.25) is 4.98 Å². The summed E-state index contributed by atoms with van der Waals surface area (Å²) in [6.07, 6.45) is -0.323. The molecule has 176 valence electrons. The van der Waals surface area contributed by atoms with Gasteiger partial charge in [-0.15, -0.1) is 17.7 Å². The Bertz CT molecular complexity index is 1040. The molecule has 2 aromatic rings. The second kappa shape index (κ2) is 9.22. The van der Waals surface area contributed by atoms with E-state index >= 15 is 0 Å². The second-order valence-electron chi connectivity index (χ2n) is 8.56. The van der Waals surface area contributed by atoms with E-state index in [4.69, 9.17) is 4.74 Å². The third kappa shape index (κ3) is 6.32. The van der Waals surface area contributed by atoms with Gasteiger partial charge >= 0.3 is 18.5 Å². The van der Waals surface area contributed by atoms with E-state index in [0.717, 1.165) is 0 Å². The number of hydrogen-bond acceptors (Lipinski definition) is 5. The minimum atomic E-state index is -4.76. The molecule has 0 bridgehead atoms. The van der Waals surface area contributed by atoms with Crippen LogP contribution in [0.25, 0.3) is 11.3 Å². The zero-order valence-corrected chi connectivity index (χ0v) is 18.5. The van der Waals surface area contributed by atoms with Gasteiger partial charge < -0.3 is 14.8 Å². The molecule has 0 aliphatic carbocycles. The fourth-order valence-electron chi connectivity index (χ4n) is 3.23. The SMILES string of the molecule is CC(C)(C)OC(=O)[N+]1(C(=O)NCc2ccnc(-c3ccc(OC(F)(F)F)cc3)c2)CC=CC1. The number of hydrogen-bond donors (Lipinski definition) is 1. The van der Waals surface area contributed by atoms with E-state index in [0.29, 0.717) is 16.8 Å². The molecule has 1 aliphatic heterocycles. The van der Waals surface area contributed by atoms with E-state index in [9.17, 15) is 22.8 Å². The lowest BCUT2D eigenvalue weighted by molar-refractivity contribution is -0.760. The molecule has 0 unspecified atom stereocenters. The molecule has 1 aromatic carbocycles. The Kier molecular flexibility index (Phi) is 6.78. The number of ether oxygens (including phenoxy) is 2. The van der Waals surface area contributed by atoms with Crippen molar-refractivity contribution in [2.45, 2.75) is 39.3 Å². The fourth-order valence-corrected chi connectivity index (χ4v) is 3.23. The summed E-state index contributed by atoms with van der Waals surface area (Å²) in [4.78, 5) is 30.0. The molecule has 1 N–H and O–H groups in total. The predicted octanol–water partition coefficient (Wildman–Crippen LogP) is 5.18. The number of pyridine rings is 1. The van der Waals surface area contributed by atoms with Gasteiger partial charge in [0.25, 0.3) is 0 Å². The zero-order chi connectivity index (χ0) is 24.3. The number of halogens is 3. The van der Waals surface area contributed by atoms with Gasteiger partial charge in [-0.05, 0) is 74.9 Å². The van der Waals surface area contributed by atoms with Gasteiger partial charge in [-0.25, -0.2) is 4.79 Å². The van der Waals surface area contributed by atoms with Crippen molar-refractivity contribution in [3.63, 3.8) is 0 Å². The summed E-state index contributed by atoms with van der Waals surface area (Å²) >= 11 is 0. The van der Waals surface area contributed by atoms with Crippen LogP contribution < -0.4 is 10.1 Å². The maximum Gasteiger partial charge on any atom is 0.573 e. The minimum Gasteiger partial charge on any atom is -0.414 e. The lowest BCUT2D eigenvalue weighted by Crippen LogP contribution is -2.60. The van der Waals surface area contributed by atoms with Crippen LogP contribution in [0.2, 0.25) is 0 Å². The topological polar surface area (TPSA) is 77.5 Å². The molecule has 1 aliphatic rings. The number of alkyl halides is 3. The van der Waals surface area contributed by atoms with Crippen molar-refractivity contribution in [3.8, 4) is 17.0 Å². The molecular weight excluding hydrogens is 439 g/mol. The minimum absolute atomic E-state index is 0.131. The molecule has 2 heterocycles. The first-order chi connectivity index (χ1) is 15.4. The molecular formula is C23H25F3N3O4+. The fraction of sp³-hybridized carbons (Fsp3) is 0.348. The van der Waals surface area contributed by atoms with Gasteiger partial charge in [0.1, 0.15) is 24.4 Å². The van der Waals surface area contributed by atoms with E-state index in [-0.39, 0.29) is 25.4 Å². The largest absolute Gasteiger partial charge is 0.573 e. The Labute approximate surface area is 189 Å². The predicted molar refractivity (Wildman–Crippen MR) is 114 cm³/mol. The summed E-state index contributed by atoms with van der Waals surface area (Å²) in [6.45, 7) is 5.76. The Morgan fingerprint density at radius 2 is 1.70 bits per heavy atom. The van der Waals surface area contributed by atoms with E-state index < -0.39 is 28.6 Å². The van der Waals surface area contributed by atoms with Crippen LogP contribution in [0.5, 0.6) is 5.75 Å². The number of carbonyl (C=O) groups is 2. The van der Waals surface area contributed by atoms with Crippen LogP contribution in [-0.2, 0) is 11.3 Å². The second-order valence-corrected chi connectivity index (χ2v) is 8.56. The molecule has 0 saturated carbocycles. The summed E-state index contributed by atoms with van der Waals surface area (Å²) in [5, 5.41) is 2.78. The monoisotopic (exact) mass is 464 g/mol. The first-order valence-electron chi connectivity index (χ1n) is 10.2. The Morgan fingerprint density at radius 3 is 2.27 bits per heavy atom. The number of nitrogens with one attached hydrogen (secondary N) is 1. The Hall–Kier alpha value is -3.40. The quantitative estimate of drug-likeness (QED) is 0.499. The van der Waals surface area contributed by atoms with Crippen molar-refractivity contribution in [1.82, 2.24) is 10.3 Å². The molecule has 0 radical (unpaired) electrons. The van der Waals surface area contributed by atoms with Crippen LogP contribution in [0.15, 0.2) is 54.7 Å². The Morgan fingerprint density at radius 1 is 1.06 bits per heavy atom. The van der Waals surface area contributed by atoms with Gasteiger partial charge in [0.2, 0.25) is 0 Å². The lowest BCUT2D eigenvalue weighted by Gasteiger charge is -2.30. The van der Waals surface area contributed by atoms with Crippen molar-refractivity contribution >= 4 is 12.1 Å². The van der Waals surface area contributed by atoms with E-state index in [1.807, 2.05) is 0 Å². The summed E-state index contributed by atoms with van der Waals surface area (Å²) < 4.78 is 45.8. The third-order valence-electron chi connectivity index (χ3n) is 4.78. The van der Waals surface area contributed by atoms with Crippen molar-refractivity contribution in [3.05, 3.63) is 60.3 Å². The molecule has 10 heteroatoms. The molecule has 7 nitrogen and oxygen atoms in total.